The molecule has 1 aromatic rings. The van der Waals surface area contributed by atoms with Crippen molar-refractivity contribution in [1.82, 2.24) is 4.90 Å². The molecule has 0 aromatic heterocycles. The molecule has 0 radical (unpaired) electrons. The number of aromatic hydroxyl groups is 2. The van der Waals surface area contributed by atoms with Crippen molar-refractivity contribution in [3.05, 3.63) is 23.8 Å². The van der Waals surface area contributed by atoms with Crippen molar-refractivity contribution < 1.29 is 20.1 Å². The summed E-state index contributed by atoms with van der Waals surface area (Å²) in [6.45, 7) is 6.72. The Balaban J connectivity index is 2.82. The standard InChI is InChI=1S/C15H23NO4/c1-10(2)16(6-4-5-15(19)20)11(3)12-7-13(17)9-14(18)8-12/h7-11,17-18H,4-6H2,1-3H3,(H,19,20). The molecule has 0 spiro atoms. The monoisotopic (exact) mass is 281 g/mol. The summed E-state index contributed by atoms with van der Waals surface area (Å²) < 4.78 is 0. The van der Waals surface area contributed by atoms with Gasteiger partial charge in [-0.05, 0) is 51.4 Å². The SMILES string of the molecule is CC(C)N(CCCC(=O)O)C(C)c1cc(O)cc(O)c1. The number of phenols is 2. The number of rotatable bonds is 7. The Hall–Kier alpha value is -1.75. The van der Waals surface area contributed by atoms with Crippen LogP contribution in [0.4, 0.5) is 0 Å². The summed E-state index contributed by atoms with van der Waals surface area (Å²) in [6, 6.07) is 4.76. The van der Waals surface area contributed by atoms with E-state index in [2.05, 4.69) is 4.90 Å². The van der Waals surface area contributed by atoms with Crippen LogP contribution in [0.15, 0.2) is 18.2 Å². The first-order valence-electron chi connectivity index (χ1n) is 6.81. The van der Waals surface area contributed by atoms with Gasteiger partial charge in [-0.2, -0.15) is 0 Å². The van der Waals surface area contributed by atoms with Crippen LogP contribution in [0.2, 0.25) is 0 Å². The number of phenolic OH excluding ortho intramolecular Hbond substituents is 2. The zero-order chi connectivity index (χ0) is 15.3. The summed E-state index contributed by atoms with van der Waals surface area (Å²) in [7, 11) is 0. The highest BCUT2D eigenvalue weighted by Crippen LogP contribution is 2.29. The van der Waals surface area contributed by atoms with E-state index in [0.29, 0.717) is 13.0 Å². The van der Waals surface area contributed by atoms with E-state index in [-0.39, 0.29) is 30.0 Å². The minimum atomic E-state index is -0.795. The molecule has 5 heteroatoms. The van der Waals surface area contributed by atoms with Crippen LogP contribution in [0.1, 0.15) is 45.2 Å². The Labute approximate surface area is 119 Å². The number of carbonyl (C=O) groups is 1. The molecule has 0 aliphatic rings. The lowest BCUT2D eigenvalue weighted by atomic mass is 10.0. The van der Waals surface area contributed by atoms with E-state index in [0.717, 1.165) is 5.56 Å². The molecule has 1 atom stereocenters. The lowest BCUT2D eigenvalue weighted by Crippen LogP contribution is -2.34. The fourth-order valence-corrected chi connectivity index (χ4v) is 2.36. The van der Waals surface area contributed by atoms with Gasteiger partial charge in [0.25, 0.3) is 0 Å². The van der Waals surface area contributed by atoms with Gasteiger partial charge in [-0.3, -0.25) is 9.69 Å². The second kappa shape index (κ2) is 7.14. The van der Waals surface area contributed by atoms with E-state index in [1.165, 1.54) is 6.07 Å². The summed E-state index contributed by atoms with van der Waals surface area (Å²) in [5.74, 6) is -0.737. The average molecular weight is 281 g/mol. The highest BCUT2D eigenvalue weighted by molar-refractivity contribution is 5.66. The highest BCUT2D eigenvalue weighted by atomic mass is 16.4. The van der Waals surface area contributed by atoms with Crippen molar-refractivity contribution in [1.29, 1.82) is 0 Å². The van der Waals surface area contributed by atoms with E-state index in [9.17, 15) is 15.0 Å². The molecule has 0 aliphatic heterocycles. The van der Waals surface area contributed by atoms with E-state index < -0.39 is 5.97 Å². The molecular weight excluding hydrogens is 258 g/mol. The van der Waals surface area contributed by atoms with Gasteiger partial charge in [0, 0.05) is 24.6 Å². The van der Waals surface area contributed by atoms with Crippen LogP contribution in [0.25, 0.3) is 0 Å². The third kappa shape index (κ3) is 4.74. The molecular formula is C15H23NO4. The Morgan fingerprint density at radius 3 is 2.15 bits per heavy atom. The van der Waals surface area contributed by atoms with Crippen LogP contribution in [0.5, 0.6) is 11.5 Å². The van der Waals surface area contributed by atoms with Crippen molar-refractivity contribution in [2.75, 3.05) is 6.54 Å². The molecule has 5 nitrogen and oxygen atoms in total. The maximum absolute atomic E-state index is 10.6. The third-order valence-corrected chi connectivity index (χ3v) is 3.37. The smallest absolute Gasteiger partial charge is 0.303 e. The molecule has 0 bridgehead atoms. The van der Waals surface area contributed by atoms with Gasteiger partial charge in [-0.25, -0.2) is 0 Å². The van der Waals surface area contributed by atoms with Crippen LogP contribution in [-0.2, 0) is 4.79 Å². The Morgan fingerprint density at radius 2 is 1.70 bits per heavy atom. The third-order valence-electron chi connectivity index (χ3n) is 3.37. The van der Waals surface area contributed by atoms with Crippen LogP contribution < -0.4 is 0 Å². The largest absolute Gasteiger partial charge is 0.508 e. The lowest BCUT2D eigenvalue weighted by molar-refractivity contribution is -0.137. The van der Waals surface area contributed by atoms with Gasteiger partial charge in [0.05, 0.1) is 0 Å². The van der Waals surface area contributed by atoms with Gasteiger partial charge in [0.15, 0.2) is 0 Å². The molecule has 0 saturated heterocycles. The maximum atomic E-state index is 10.6. The average Bonchev–Trinajstić information content (AvgIpc) is 2.31. The van der Waals surface area contributed by atoms with Gasteiger partial charge in [0.1, 0.15) is 11.5 Å². The predicted molar refractivity (Wildman–Crippen MR) is 76.9 cm³/mol. The number of carboxylic acids is 1. The van der Waals surface area contributed by atoms with Gasteiger partial charge in [-0.15, -0.1) is 0 Å². The van der Waals surface area contributed by atoms with Crippen LogP contribution in [0, 0.1) is 0 Å². The van der Waals surface area contributed by atoms with Gasteiger partial charge < -0.3 is 15.3 Å². The first-order chi connectivity index (χ1) is 9.31. The Bertz CT molecular complexity index is 439. The maximum Gasteiger partial charge on any atom is 0.303 e. The van der Waals surface area contributed by atoms with Gasteiger partial charge in [-0.1, -0.05) is 0 Å². The molecule has 0 amide bonds. The second-order valence-corrected chi connectivity index (χ2v) is 5.29. The molecule has 0 aliphatic carbocycles. The fourth-order valence-electron chi connectivity index (χ4n) is 2.36. The number of aliphatic carboxylic acids is 1. The van der Waals surface area contributed by atoms with Crippen LogP contribution >= 0.6 is 0 Å². The molecule has 1 unspecified atom stereocenters. The summed E-state index contributed by atoms with van der Waals surface area (Å²) in [5.41, 5.74) is 0.812. The van der Waals surface area contributed by atoms with Crippen molar-refractivity contribution in [2.45, 2.75) is 45.7 Å². The van der Waals surface area contributed by atoms with Crippen molar-refractivity contribution in [3.63, 3.8) is 0 Å². The number of hydrogen-bond acceptors (Lipinski definition) is 4. The quantitative estimate of drug-likeness (QED) is 0.716. The molecule has 1 aromatic carbocycles. The van der Waals surface area contributed by atoms with E-state index in [1.54, 1.807) is 12.1 Å². The predicted octanol–water partition coefficient (Wildman–Crippen LogP) is 2.73. The first-order valence-corrected chi connectivity index (χ1v) is 6.81. The highest BCUT2D eigenvalue weighted by Gasteiger charge is 2.19. The Kier molecular flexibility index (Phi) is 5.82. The number of hydrogen-bond donors (Lipinski definition) is 3. The molecule has 3 N–H and O–H groups in total. The molecule has 1 rings (SSSR count). The summed E-state index contributed by atoms with van der Waals surface area (Å²) >= 11 is 0. The molecule has 112 valence electrons. The van der Waals surface area contributed by atoms with Crippen LogP contribution in [0.3, 0.4) is 0 Å². The fraction of sp³-hybridized carbons (Fsp3) is 0.533. The molecule has 0 heterocycles. The normalized spacial score (nSPS) is 12.8. The van der Waals surface area contributed by atoms with E-state index in [1.807, 2.05) is 20.8 Å². The molecule has 0 fully saturated rings. The van der Waals surface area contributed by atoms with E-state index >= 15 is 0 Å². The zero-order valence-corrected chi connectivity index (χ0v) is 12.2. The number of carboxylic acid groups (broad SMARTS) is 1. The van der Waals surface area contributed by atoms with Crippen molar-refractivity contribution in [3.8, 4) is 11.5 Å². The second-order valence-electron chi connectivity index (χ2n) is 5.29. The topological polar surface area (TPSA) is 81.0 Å². The summed E-state index contributed by atoms with van der Waals surface area (Å²) in [6.07, 6.45) is 0.712. The van der Waals surface area contributed by atoms with Crippen LogP contribution in [-0.4, -0.2) is 38.8 Å². The minimum absolute atomic E-state index is 0.0122. The molecule has 0 saturated carbocycles. The minimum Gasteiger partial charge on any atom is -0.508 e. The van der Waals surface area contributed by atoms with Gasteiger partial charge in [0.2, 0.25) is 0 Å². The van der Waals surface area contributed by atoms with Gasteiger partial charge >= 0.3 is 5.97 Å². The first kappa shape index (κ1) is 16.3. The summed E-state index contributed by atoms with van der Waals surface area (Å²) in [4.78, 5) is 12.7. The lowest BCUT2D eigenvalue weighted by Gasteiger charge is -2.33. The van der Waals surface area contributed by atoms with Crippen molar-refractivity contribution >= 4 is 5.97 Å². The van der Waals surface area contributed by atoms with E-state index in [4.69, 9.17) is 5.11 Å². The molecule has 20 heavy (non-hydrogen) atoms. The Morgan fingerprint density at radius 1 is 1.15 bits per heavy atom. The summed E-state index contributed by atoms with van der Waals surface area (Å²) in [5, 5.41) is 27.8. The zero-order valence-electron chi connectivity index (χ0n) is 12.2. The number of benzene rings is 1. The van der Waals surface area contributed by atoms with Crippen molar-refractivity contribution in [2.24, 2.45) is 0 Å². The number of nitrogens with zero attached hydrogens (tertiary/aromatic N) is 1.